The standard InChI is InChI=1S/C20H17N5S/c1-13-7-9-15(10-8-13)26-20-17(21)19(23-12-24-20)25-16-6-2-4-14-5-3-11-22-18(14)16/h2-12H,21H2,1H3,(H,23,24,25). The molecule has 3 N–H and O–H groups in total. The van der Waals surface area contributed by atoms with Crippen molar-refractivity contribution >= 4 is 39.9 Å². The number of anilines is 3. The Kier molecular flexibility index (Phi) is 4.41. The van der Waals surface area contributed by atoms with E-state index in [1.165, 1.54) is 23.7 Å². The second-order valence-corrected chi connectivity index (χ2v) is 6.92. The second kappa shape index (κ2) is 7.01. The van der Waals surface area contributed by atoms with Crippen LogP contribution in [-0.4, -0.2) is 15.0 Å². The van der Waals surface area contributed by atoms with Crippen LogP contribution in [0.2, 0.25) is 0 Å². The summed E-state index contributed by atoms with van der Waals surface area (Å²) >= 11 is 1.52. The van der Waals surface area contributed by atoms with Crippen LogP contribution in [0.5, 0.6) is 0 Å². The van der Waals surface area contributed by atoms with Gasteiger partial charge >= 0.3 is 0 Å². The molecule has 2 aromatic carbocycles. The van der Waals surface area contributed by atoms with Crippen LogP contribution >= 0.6 is 11.8 Å². The molecule has 0 aliphatic carbocycles. The molecule has 4 rings (SSSR count). The molecule has 2 heterocycles. The Balaban J connectivity index is 1.66. The van der Waals surface area contributed by atoms with E-state index in [2.05, 4.69) is 51.5 Å². The fourth-order valence-electron chi connectivity index (χ4n) is 2.61. The number of aryl methyl sites for hydroxylation is 1. The number of rotatable bonds is 4. The molecule has 6 heteroatoms. The van der Waals surface area contributed by atoms with Crippen molar-refractivity contribution in [1.29, 1.82) is 0 Å². The second-order valence-electron chi connectivity index (χ2n) is 5.86. The Labute approximate surface area is 155 Å². The summed E-state index contributed by atoms with van der Waals surface area (Å²) in [6.07, 6.45) is 3.29. The third-order valence-electron chi connectivity index (χ3n) is 3.97. The normalized spacial score (nSPS) is 10.8. The van der Waals surface area contributed by atoms with Gasteiger partial charge in [0.1, 0.15) is 17.0 Å². The summed E-state index contributed by atoms with van der Waals surface area (Å²) in [5.74, 6) is 0.577. The van der Waals surface area contributed by atoms with Gasteiger partial charge in [-0.3, -0.25) is 4.98 Å². The number of nitrogens with zero attached hydrogens (tertiary/aromatic N) is 3. The number of fused-ring (bicyclic) bond motifs is 1. The van der Waals surface area contributed by atoms with Crippen molar-refractivity contribution in [3.63, 3.8) is 0 Å². The number of hydrogen-bond acceptors (Lipinski definition) is 6. The van der Waals surface area contributed by atoms with Crippen LogP contribution in [0.25, 0.3) is 10.9 Å². The van der Waals surface area contributed by atoms with Crippen LogP contribution in [0, 0.1) is 6.92 Å². The fourth-order valence-corrected chi connectivity index (χ4v) is 3.41. The molecule has 0 saturated carbocycles. The largest absolute Gasteiger partial charge is 0.394 e. The quantitative estimate of drug-likeness (QED) is 0.509. The van der Waals surface area contributed by atoms with Gasteiger partial charge in [-0.1, -0.05) is 47.7 Å². The van der Waals surface area contributed by atoms with Crippen molar-refractivity contribution in [3.05, 3.63) is 72.7 Å². The SMILES string of the molecule is Cc1ccc(Sc2ncnc(Nc3cccc4cccnc34)c2N)cc1. The van der Waals surface area contributed by atoms with Gasteiger partial charge < -0.3 is 11.1 Å². The smallest absolute Gasteiger partial charge is 0.158 e. The van der Waals surface area contributed by atoms with Crippen LogP contribution in [0.15, 0.2) is 77.0 Å². The van der Waals surface area contributed by atoms with Gasteiger partial charge in [0.15, 0.2) is 5.82 Å². The average Bonchev–Trinajstić information content (AvgIpc) is 2.67. The minimum absolute atomic E-state index is 0.519. The molecule has 0 spiro atoms. The molecule has 0 saturated heterocycles. The lowest BCUT2D eigenvalue weighted by atomic mass is 10.2. The van der Waals surface area contributed by atoms with Gasteiger partial charge in [-0.2, -0.15) is 0 Å². The van der Waals surface area contributed by atoms with Crippen LogP contribution in [0.3, 0.4) is 0 Å². The highest BCUT2D eigenvalue weighted by Gasteiger charge is 2.11. The summed E-state index contributed by atoms with van der Waals surface area (Å²) in [5.41, 5.74) is 9.80. The first kappa shape index (κ1) is 16.4. The number of para-hydroxylation sites is 1. The number of nitrogens with two attached hydrogens (primary N) is 1. The molecule has 0 unspecified atom stereocenters. The average molecular weight is 359 g/mol. The molecule has 128 valence electrons. The predicted molar refractivity (Wildman–Crippen MR) is 107 cm³/mol. The Morgan fingerprint density at radius 3 is 2.58 bits per heavy atom. The van der Waals surface area contributed by atoms with E-state index in [1.807, 2.05) is 30.3 Å². The number of nitrogens with one attached hydrogen (secondary N) is 1. The summed E-state index contributed by atoms with van der Waals surface area (Å²) in [7, 11) is 0. The lowest BCUT2D eigenvalue weighted by Gasteiger charge is -2.12. The zero-order chi connectivity index (χ0) is 17.9. The first-order chi connectivity index (χ1) is 12.7. The Morgan fingerprint density at radius 2 is 1.73 bits per heavy atom. The molecule has 0 amide bonds. The van der Waals surface area contributed by atoms with Gasteiger partial charge in [-0.05, 0) is 31.2 Å². The highest BCUT2D eigenvalue weighted by atomic mass is 32.2. The van der Waals surface area contributed by atoms with E-state index in [-0.39, 0.29) is 0 Å². The molecule has 0 fully saturated rings. The van der Waals surface area contributed by atoms with E-state index < -0.39 is 0 Å². The molecule has 26 heavy (non-hydrogen) atoms. The monoisotopic (exact) mass is 359 g/mol. The zero-order valence-corrected chi connectivity index (χ0v) is 15.0. The summed E-state index contributed by atoms with van der Waals surface area (Å²) < 4.78 is 0. The van der Waals surface area contributed by atoms with Crippen LogP contribution in [-0.2, 0) is 0 Å². The molecule has 0 radical (unpaired) electrons. The van der Waals surface area contributed by atoms with Gasteiger partial charge in [0.05, 0.1) is 11.2 Å². The van der Waals surface area contributed by atoms with Crippen molar-refractivity contribution in [1.82, 2.24) is 15.0 Å². The van der Waals surface area contributed by atoms with Gasteiger partial charge in [0, 0.05) is 16.5 Å². The van der Waals surface area contributed by atoms with Gasteiger partial charge in [-0.25, -0.2) is 9.97 Å². The molecular formula is C20H17N5S. The van der Waals surface area contributed by atoms with Gasteiger partial charge in [-0.15, -0.1) is 0 Å². The summed E-state index contributed by atoms with van der Waals surface area (Å²) in [5, 5.41) is 5.08. The Bertz CT molecular complexity index is 1060. The van der Waals surface area contributed by atoms with Crippen LogP contribution < -0.4 is 11.1 Å². The van der Waals surface area contributed by atoms with Crippen molar-refractivity contribution in [3.8, 4) is 0 Å². The van der Waals surface area contributed by atoms with Crippen molar-refractivity contribution < 1.29 is 0 Å². The molecule has 0 bridgehead atoms. The Hall–Kier alpha value is -3.12. The van der Waals surface area contributed by atoms with Crippen LogP contribution in [0.4, 0.5) is 17.2 Å². The van der Waals surface area contributed by atoms with E-state index in [0.717, 1.165) is 26.5 Å². The van der Waals surface area contributed by atoms with E-state index in [4.69, 9.17) is 5.73 Å². The van der Waals surface area contributed by atoms with E-state index in [1.54, 1.807) is 6.20 Å². The van der Waals surface area contributed by atoms with Crippen molar-refractivity contribution in [2.45, 2.75) is 16.8 Å². The molecular weight excluding hydrogens is 342 g/mol. The maximum atomic E-state index is 6.32. The minimum Gasteiger partial charge on any atom is -0.394 e. The summed E-state index contributed by atoms with van der Waals surface area (Å²) in [6, 6.07) is 18.2. The molecule has 4 aromatic rings. The first-order valence-electron chi connectivity index (χ1n) is 8.16. The minimum atomic E-state index is 0.519. The first-order valence-corrected chi connectivity index (χ1v) is 8.98. The zero-order valence-electron chi connectivity index (χ0n) is 14.2. The molecule has 0 aliphatic heterocycles. The Morgan fingerprint density at radius 1 is 0.923 bits per heavy atom. The maximum absolute atomic E-state index is 6.32. The number of pyridine rings is 1. The maximum Gasteiger partial charge on any atom is 0.158 e. The van der Waals surface area contributed by atoms with Crippen LogP contribution in [0.1, 0.15) is 5.56 Å². The van der Waals surface area contributed by atoms with Gasteiger partial charge in [0.25, 0.3) is 0 Å². The van der Waals surface area contributed by atoms with E-state index in [0.29, 0.717) is 11.5 Å². The third kappa shape index (κ3) is 3.32. The van der Waals surface area contributed by atoms with Crippen molar-refractivity contribution in [2.75, 3.05) is 11.1 Å². The lowest BCUT2D eigenvalue weighted by Crippen LogP contribution is -2.03. The molecule has 0 atom stereocenters. The molecule has 5 nitrogen and oxygen atoms in total. The highest BCUT2D eigenvalue weighted by molar-refractivity contribution is 7.99. The topological polar surface area (TPSA) is 76.7 Å². The summed E-state index contributed by atoms with van der Waals surface area (Å²) in [6.45, 7) is 2.06. The van der Waals surface area contributed by atoms with Gasteiger partial charge in [0.2, 0.25) is 0 Å². The van der Waals surface area contributed by atoms with Crippen molar-refractivity contribution in [2.24, 2.45) is 0 Å². The fraction of sp³-hybridized carbons (Fsp3) is 0.0500. The molecule has 0 aliphatic rings. The van der Waals surface area contributed by atoms with E-state index in [9.17, 15) is 0 Å². The highest BCUT2D eigenvalue weighted by Crippen LogP contribution is 2.34. The third-order valence-corrected chi connectivity index (χ3v) is 5.00. The van der Waals surface area contributed by atoms with E-state index >= 15 is 0 Å². The number of hydrogen-bond donors (Lipinski definition) is 2. The number of aromatic nitrogens is 3. The number of nitrogen functional groups attached to an aromatic ring is 1. The molecule has 2 aromatic heterocycles. The number of benzene rings is 2. The summed E-state index contributed by atoms with van der Waals surface area (Å²) in [4.78, 5) is 14.2. The lowest BCUT2D eigenvalue weighted by molar-refractivity contribution is 1.06. The predicted octanol–water partition coefficient (Wildman–Crippen LogP) is 4.81.